The lowest BCUT2D eigenvalue weighted by Gasteiger charge is -2.44. The maximum atomic E-state index is 13.0. The van der Waals surface area contributed by atoms with Crippen LogP contribution in [0.4, 0.5) is 0 Å². The second kappa shape index (κ2) is 12.1. The molecule has 2 heterocycles. The van der Waals surface area contributed by atoms with Crippen molar-refractivity contribution in [2.24, 2.45) is 5.92 Å². The summed E-state index contributed by atoms with van der Waals surface area (Å²) in [5.41, 5.74) is 0.322. The zero-order chi connectivity index (χ0) is 24.3. The molecule has 2 fully saturated rings. The molecule has 2 saturated heterocycles. The van der Waals surface area contributed by atoms with Gasteiger partial charge in [-0.05, 0) is 36.3 Å². The predicted molar refractivity (Wildman–Crippen MR) is 135 cm³/mol. The van der Waals surface area contributed by atoms with Crippen LogP contribution in [0.5, 0.6) is 0 Å². The molecule has 0 saturated carbocycles. The number of ether oxygens (including phenoxy) is 1. The summed E-state index contributed by atoms with van der Waals surface area (Å²) in [6, 6.07) is 4.58. The summed E-state index contributed by atoms with van der Waals surface area (Å²) in [7, 11) is 0. The first-order valence-corrected chi connectivity index (χ1v) is 14.0. The second-order valence-corrected chi connectivity index (χ2v) is 11.9. The van der Waals surface area contributed by atoms with Crippen molar-refractivity contribution in [2.75, 3.05) is 12.8 Å². The van der Waals surface area contributed by atoms with Gasteiger partial charge >= 0.3 is 0 Å². The van der Waals surface area contributed by atoms with Gasteiger partial charge in [-0.1, -0.05) is 43.1 Å². The van der Waals surface area contributed by atoms with Crippen LogP contribution in [-0.4, -0.2) is 81.2 Å². The Morgan fingerprint density at radius 2 is 1.97 bits per heavy atom. The molecular formula is C22H32Cl2N2O5S2. The molecule has 1 amide bonds. The van der Waals surface area contributed by atoms with Crippen molar-refractivity contribution in [3.05, 3.63) is 33.8 Å². The van der Waals surface area contributed by atoms with Crippen LogP contribution in [0.1, 0.15) is 25.8 Å². The van der Waals surface area contributed by atoms with Gasteiger partial charge in [-0.25, -0.2) is 0 Å². The molecule has 5 N–H and O–H groups in total. The number of hydrogen-bond acceptors (Lipinski definition) is 8. The number of amides is 1. The van der Waals surface area contributed by atoms with Gasteiger partial charge in [0.1, 0.15) is 29.9 Å². The van der Waals surface area contributed by atoms with Crippen molar-refractivity contribution in [1.82, 2.24) is 10.6 Å². The molecule has 2 aliphatic heterocycles. The minimum Gasteiger partial charge on any atom is -0.388 e. The number of benzene rings is 1. The maximum Gasteiger partial charge on any atom is 0.237 e. The van der Waals surface area contributed by atoms with Crippen LogP contribution >= 0.6 is 46.7 Å². The predicted octanol–water partition coefficient (Wildman–Crippen LogP) is 2.27. The maximum absolute atomic E-state index is 13.0. The Hall–Kier alpha value is -0.230. The summed E-state index contributed by atoms with van der Waals surface area (Å²) >= 11 is 15.2. The molecule has 1 aromatic rings. The van der Waals surface area contributed by atoms with Gasteiger partial charge in [0, 0.05) is 27.6 Å². The molecular weight excluding hydrogens is 507 g/mol. The average Bonchev–Trinajstić information content (AvgIpc) is 3.25. The first-order chi connectivity index (χ1) is 15.6. The molecule has 186 valence electrons. The molecule has 7 nitrogen and oxygen atoms in total. The van der Waals surface area contributed by atoms with E-state index in [4.69, 9.17) is 27.9 Å². The average molecular weight is 540 g/mol. The summed E-state index contributed by atoms with van der Waals surface area (Å²) in [5, 5.41) is 38.7. The molecule has 1 aromatic carbocycles. The minimum atomic E-state index is -1.34. The number of hydrogen-bond donors (Lipinski definition) is 5. The van der Waals surface area contributed by atoms with Crippen molar-refractivity contribution in [3.63, 3.8) is 0 Å². The zero-order valence-electron chi connectivity index (χ0n) is 18.8. The zero-order valence-corrected chi connectivity index (χ0v) is 21.9. The fraction of sp³-hybridized carbons (Fsp3) is 0.682. The molecule has 0 aromatic heterocycles. The first-order valence-electron chi connectivity index (χ1n) is 10.9. The normalized spacial score (nSPS) is 33.3. The largest absolute Gasteiger partial charge is 0.388 e. The number of aliphatic hydroxyl groups is 3. The van der Waals surface area contributed by atoms with Crippen LogP contribution in [0.25, 0.3) is 0 Å². The van der Waals surface area contributed by atoms with E-state index in [1.807, 2.05) is 26.0 Å². The molecule has 0 radical (unpaired) electrons. The molecule has 3 rings (SSSR count). The molecule has 0 aliphatic carbocycles. The highest BCUT2D eigenvalue weighted by Crippen LogP contribution is 2.32. The summed E-state index contributed by atoms with van der Waals surface area (Å²) < 4.78 is 5.89. The number of rotatable bonds is 8. The first kappa shape index (κ1) is 27.4. The highest BCUT2D eigenvalue weighted by molar-refractivity contribution is 7.99. The number of nitrogens with one attached hydrogen (secondary N) is 2. The Balaban J connectivity index is 1.57. The van der Waals surface area contributed by atoms with E-state index in [1.54, 1.807) is 24.1 Å². The van der Waals surface area contributed by atoms with Crippen LogP contribution in [-0.2, 0) is 15.3 Å². The van der Waals surface area contributed by atoms with E-state index in [1.165, 1.54) is 11.8 Å². The molecule has 8 atom stereocenters. The van der Waals surface area contributed by atoms with Crippen molar-refractivity contribution < 1.29 is 24.9 Å². The van der Waals surface area contributed by atoms with E-state index >= 15 is 0 Å². The van der Waals surface area contributed by atoms with Crippen molar-refractivity contribution >= 4 is 52.6 Å². The molecule has 0 bridgehead atoms. The summed E-state index contributed by atoms with van der Waals surface area (Å²) in [4.78, 5) is 13.0. The van der Waals surface area contributed by atoms with E-state index in [2.05, 4.69) is 10.6 Å². The third-order valence-corrected chi connectivity index (χ3v) is 8.87. The Morgan fingerprint density at radius 3 is 2.61 bits per heavy atom. The lowest BCUT2D eigenvalue weighted by molar-refractivity contribution is -0.208. The summed E-state index contributed by atoms with van der Waals surface area (Å²) in [6.45, 7) is 4.54. The Morgan fingerprint density at radius 1 is 1.24 bits per heavy atom. The Labute approximate surface area is 213 Å². The number of thioether (sulfide) groups is 2. The van der Waals surface area contributed by atoms with Gasteiger partial charge in [-0.15, -0.1) is 11.8 Å². The highest BCUT2D eigenvalue weighted by Gasteiger charge is 2.47. The van der Waals surface area contributed by atoms with Crippen LogP contribution in [0, 0.1) is 5.92 Å². The SMILES string of the molecule is CS[C@H]1OC([C@H](NC(=O)[C@@H]2C[C@H](SCc3ccc(Cl)cc3Cl)CN2)C(C)C)[C@H](O)[C@H](O)[C@H]1O. The quantitative estimate of drug-likeness (QED) is 0.342. The smallest absolute Gasteiger partial charge is 0.237 e. The van der Waals surface area contributed by atoms with Crippen LogP contribution in [0.2, 0.25) is 10.0 Å². The fourth-order valence-corrected chi connectivity index (χ4v) is 6.58. The Kier molecular flexibility index (Phi) is 10.1. The summed E-state index contributed by atoms with van der Waals surface area (Å²) in [6.07, 6.45) is -2.25. The van der Waals surface area contributed by atoms with Crippen molar-refractivity contribution in [3.8, 4) is 0 Å². The van der Waals surface area contributed by atoms with Gasteiger partial charge in [0.2, 0.25) is 5.91 Å². The van der Waals surface area contributed by atoms with Crippen LogP contribution < -0.4 is 10.6 Å². The van der Waals surface area contributed by atoms with Crippen molar-refractivity contribution in [2.45, 2.75) is 73.2 Å². The topological polar surface area (TPSA) is 111 Å². The highest BCUT2D eigenvalue weighted by atomic mass is 35.5. The Bertz CT molecular complexity index is 819. The lowest BCUT2D eigenvalue weighted by Crippen LogP contribution is -2.64. The van der Waals surface area contributed by atoms with Gasteiger partial charge in [0.05, 0.1) is 12.1 Å². The molecule has 1 unspecified atom stereocenters. The van der Waals surface area contributed by atoms with Gasteiger partial charge in [0.25, 0.3) is 0 Å². The van der Waals surface area contributed by atoms with E-state index in [0.29, 0.717) is 23.0 Å². The third-order valence-electron chi connectivity index (χ3n) is 6.12. The van der Waals surface area contributed by atoms with E-state index in [0.717, 1.165) is 11.3 Å². The molecule has 33 heavy (non-hydrogen) atoms. The lowest BCUT2D eigenvalue weighted by atomic mass is 9.88. The van der Waals surface area contributed by atoms with E-state index in [-0.39, 0.29) is 23.1 Å². The molecule has 2 aliphatic rings. The van der Waals surface area contributed by atoms with Gasteiger partial charge in [-0.2, -0.15) is 11.8 Å². The van der Waals surface area contributed by atoms with E-state index in [9.17, 15) is 20.1 Å². The van der Waals surface area contributed by atoms with Gasteiger partial charge in [-0.3, -0.25) is 4.79 Å². The second-order valence-electron chi connectivity index (χ2n) is 8.82. The monoisotopic (exact) mass is 538 g/mol. The number of carbonyl (C=O) groups is 1. The third kappa shape index (κ3) is 6.71. The van der Waals surface area contributed by atoms with Crippen LogP contribution in [0.3, 0.4) is 0 Å². The standard InChI is InChI=1S/C22H32Cl2N2O5S2/c1-10(2)16(20-18(28)17(27)19(29)22(31-20)32-3)26-21(30)15-7-13(8-25-15)33-9-11-4-5-12(23)6-14(11)24/h4-6,10,13,15-20,22,25,27-29H,7-9H2,1-3H3,(H,26,30)/t13-,15-,16+,17-,18+,19+,20?,22+/m0/s1. The molecule has 11 heteroatoms. The minimum absolute atomic E-state index is 0.0582. The van der Waals surface area contributed by atoms with Gasteiger partial charge < -0.3 is 30.7 Å². The number of halogens is 2. The molecule has 0 spiro atoms. The fourth-order valence-electron chi connectivity index (χ4n) is 4.13. The van der Waals surface area contributed by atoms with Gasteiger partial charge in [0.15, 0.2) is 0 Å². The number of carbonyl (C=O) groups excluding carboxylic acids is 1. The number of aliphatic hydroxyl groups excluding tert-OH is 3. The summed E-state index contributed by atoms with van der Waals surface area (Å²) in [5.74, 6) is 0.500. The van der Waals surface area contributed by atoms with Crippen LogP contribution in [0.15, 0.2) is 18.2 Å². The van der Waals surface area contributed by atoms with E-state index < -0.39 is 35.9 Å². The van der Waals surface area contributed by atoms with Crippen molar-refractivity contribution in [1.29, 1.82) is 0 Å².